The first kappa shape index (κ1) is 13.7. The Balaban J connectivity index is 2.13. The van der Waals surface area contributed by atoms with Crippen LogP contribution in [0.15, 0.2) is 22.7 Å². The molecule has 0 unspecified atom stereocenters. The first-order chi connectivity index (χ1) is 8.95. The molecule has 1 heterocycles. The number of nitrogens with one attached hydrogen (secondary N) is 1. The van der Waals surface area contributed by atoms with E-state index in [1.807, 2.05) is 0 Å². The Kier molecular flexibility index (Phi) is 3.96. The summed E-state index contributed by atoms with van der Waals surface area (Å²) in [7, 11) is 0. The van der Waals surface area contributed by atoms with Gasteiger partial charge in [0.05, 0.1) is 18.7 Å². The molecule has 0 spiro atoms. The lowest BCUT2D eigenvalue weighted by Gasteiger charge is -2.25. The van der Waals surface area contributed by atoms with Gasteiger partial charge in [-0.05, 0) is 17.7 Å². The number of hydrogen-bond donors (Lipinski definition) is 2. The quantitative estimate of drug-likeness (QED) is 0.794. The molecule has 2 N–H and O–H groups in total. The van der Waals surface area contributed by atoms with Gasteiger partial charge in [-0.2, -0.15) is 0 Å². The smallest absolute Gasteiger partial charge is 0.335 e. The van der Waals surface area contributed by atoms with Crippen LogP contribution in [0.5, 0.6) is 0 Å². The molecule has 100 valence electrons. The van der Waals surface area contributed by atoms with Crippen molar-refractivity contribution in [2.75, 3.05) is 13.1 Å². The normalized spacial score (nSPS) is 16.3. The van der Waals surface area contributed by atoms with Crippen molar-refractivity contribution in [3.63, 3.8) is 0 Å². The average Bonchev–Trinajstić information content (AvgIpc) is 2.30. The molecule has 19 heavy (non-hydrogen) atoms. The molecule has 1 aromatic carbocycles. The molecule has 0 aliphatic carbocycles. The van der Waals surface area contributed by atoms with Crippen molar-refractivity contribution in [2.45, 2.75) is 6.54 Å². The van der Waals surface area contributed by atoms with Crippen LogP contribution in [-0.4, -0.2) is 40.9 Å². The number of amides is 2. The summed E-state index contributed by atoms with van der Waals surface area (Å²) in [6.45, 7) is 0.706. The van der Waals surface area contributed by atoms with Crippen molar-refractivity contribution < 1.29 is 19.5 Å². The molecule has 0 bridgehead atoms. The summed E-state index contributed by atoms with van der Waals surface area (Å²) in [5.74, 6) is -1.65. The highest BCUT2D eigenvalue weighted by Gasteiger charge is 2.22. The highest BCUT2D eigenvalue weighted by atomic mass is 79.9. The van der Waals surface area contributed by atoms with Crippen LogP contribution >= 0.6 is 15.9 Å². The van der Waals surface area contributed by atoms with Gasteiger partial charge in [0.1, 0.15) is 0 Å². The lowest BCUT2D eigenvalue weighted by Crippen LogP contribution is -2.50. The fourth-order valence-electron chi connectivity index (χ4n) is 1.86. The van der Waals surface area contributed by atoms with Gasteiger partial charge >= 0.3 is 5.97 Å². The third-order valence-electron chi connectivity index (χ3n) is 2.71. The number of carboxylic acid groups (broad SMARTS) is 1. The minimum Gasteiger partial charge on any atom is -0.478 e. The van der Waals surface area contributed by atoms with E-state index >= 15 is 0 Å². The van der Waals surface area contributed by atoms with E-state index in [1.165, 1.54) is 12.1 Å². The van der Waals surface area contributed by atoms with E-state index in [0.717, 1.165) is 5.56 Å². The predicted octanol–water partition coefficient (Wildman–Crippen LogP) is 0.606. The Morgan fingerprint density at radius 3 is 2.47 bits per heavy atom. The van der Waals surface area contributed by atoms with Gasteiger partial charge in [-0.15, -0.1) is 0 Å². The monoisotopic (exact) mass is 326 g/mol. The number of carbonyl (C=O) groups excluding carboxylic acids is 2. The average molecular weight is 327 g/mol. The molecule has 1 saturated heterocycles. The van der Waals surface area contributed by atoms with E-state index in [2.05, 4.69) is 21.2 Å². The molecule has 1 aliphatic rings. The van der Waals surface area contributed by atoms with Crippen molar-refractivity contribution in [1.82, 2.24) is 10.2 Å². The Morgan fingerprint density at radius 2 is 1.95 bits per heavy atom. The summed E-state index contributed by atoms with van der Waals surface area (Å²) in [5.41, 5.74) is 1.01. The van der Waals surface area contributed by atoms with Gasteiger partial charge in [0.15, 0.2) is 0 Å². The number of benzene rings is 1. The highest BCUT2D eigenvalue weighted by Crippen LogP contribution is 2.20. The topological polar surface area (TPSA) is 86.7 Å². The van der Waals surface area contributed by atoms with Crippen molar-refractivity contribution in [3.8, 4) is 0 Å². The van der Waals surface area contributed by atoms with E-state index in [-0.39, 0.29) is 30.5 Å². The SMILES string of the molecule is O=C1CN(Cc2ccc(C(=O)O)cc2Br)CC(=O)N1. The van der Waals surface area contributed by atoms with Crippen LogP contribution in [0.2, 0.25) is 0 Å². The number of imide groups is 1. The maximum atomic E-state index is 11.2. The molecule has 2 rings (SSSR count). The number of hydrogen-bond acceptors (Lipinski definition) is 4. The van der Waals surface area contributed by atoms with Crippen LogP contribution < -0.4 is 5.32 Å². The second-order valence-electron chi connectivity index (χ2n) is 4.23. The Hall–Kier alpha value is -1.73. The third-order valence-corrected chi connectivity index (χ3v) is 3.45. The predicted molar refractivity (Wildman–Crippen MR) is 69.5 cm³/mol. The number of aromatic carboxylic acids is 1. The summed E-state index contributed by atoms with van der Waals surface area (Å²) < 4.78 is 0.644. The minimum absolute atomic E-state index is 0.152. The molecule has 6 nitrogen and oxygen atoms in total. The zero-order chi connectivity index (χ0) is 14.0. The van der Waals surface area contributed by atoms with Crippen molar-refractivity contribution >= 4 is 33.7 Å². The molecule has 1 aromatic rings. The Labute approximate surface area is 117 Å². The summed E-state index contributed by atoms with van der Waals surface area (Å²) >= 11 is 3.30. The number of carboxylic acids is 1. The highest BCUT2D eigenvalue weighted by molar-refractivity contribution is 9.10. The lowest BCUT2D eigenvalue weighted by molar-refractivity contribution is -0.136. The van der Waals surface area contributed by atoms with Gasteiger partial charge in [-0.25, -0.2) is 4.79 Å². The van der Waals surface area contributed by atoms with Crippen LogP contribution in [0.1, 0.15) is 15.9 Å². The summed E-state index contributed by atoms with van der Waals surface area (Å²) in [5, 5.41) is 11.1. The molecular weight excluding hydrogens is 316 g/mol. The lowest BCUT2D eigenvalue weighted by atomic mass is 10.1. The first-order valence-electron chi connectivity index (χ1n) is 5.52. The Morgan fingerprint density at radius 1 is 1.32 bits per heavy atom. The largest absolute Gasteiger partial charge is 0.478 e. The number of carbonyl (C=O) groups is 3. The van der Waals surface area contributed by atoms with Crippen LogP contribution in [0.4, 0.5) is 0 Å². The van der Waals surface area contributed by atoms with E-state index in [4.69, 9.17) is 5.11 Å². The number of halogens is 1. The third kappa shape index (κ3) is 3.39. The fourth-order valence-corrected chi connectivity index (χ4v) is 2.36. The van der Waals surface area contributed by atoms with Crippen molar-refractivity contribution in [3.05, 3.63) is 33.8 Å². The summed E-state index contributed by atoms with van der Waals surface area (Å²) in [6.07, 6.45) is 0. The zero-order valence-electron chi connectivity index (χ0n) is 9.85. The molecule has 0 atom stereocenters. The molecule has 0 aromatic heterocycles. The molecule has 0 radical (unpaired) electrons. The molecule has 1 fully saturated rings. The first-order valence-corrected chi connectivity index (χ1v) is 6.32. The van der Waals surface area contributed by atoms with Crippen LogP contribution in [0.25, 0.3) is 0 Å². The maximum absolute atomic E-state index is 11.2. The number of nitrogens with zero attached hydrogens (tertiary/aromatic N) is 1. The van der Waals surface area contributed by atoms with Crippen LogP contribution in [0.3, 0.4) is 0 Å². The standard InChI is InChI=1S/C12H11BrN2O4/c13-9-3-7(12(18)19)1-2-8(9)4-15-5-10(16)14-11(17)6-15/h1-3H,4-6H2,(H,18,19)(H,14,16,17). The molecule has 7 heteroatoms. The van der Waals surface area contributed by atoms with Gasteiger partial charge in [-0.1, -0.05) is 22.0 Å². The molecule has 0 saturated carbocycles. The zero-order valence-corrected chi connectivity index (χ0v) is 11.4. The van der Waals surface area contributed by atoms with E-state index < -0.39 is 5.97 Å². The summed E-state index contributed by atoms with van der Waals surface area (Å²) in [6, 6.07) is 4.67. The van der Waals surface area contributed by atoms with Gasteiger partial charge in [0.25, 0.3) is 0 Å². The van der Waals surface area contributed by atoms with Crippen LogP contribution in [-0.2, 0) is 16.1 Å². The molecular formula is C12H11BrN2O4. The van der Waals surface area contributed by atoms with Gasteiger partial charge in [0.2, 0.25) is 11.8 Å². The van der Waals surface area contributed by atoms with E-state index in [1.54, 1.807) is 11.0 Å². The van der Waals surface area contributed by atoms with Crippen molar-refractivity contribution in [2.24, 2.45) is 0 Å². The second kappa shape index (κ2) is 5.50. The van der Waals surface area contributed by atoms with Crippen LogP contribution in [0, 0.1) is 0 Å². The fraction of sp³-hybridized carbons (Fsp3) is 0.250. The Bertz CT molecular complexity index is 543. The van der Waals surface area contributed by atoms with Gasteiger partial charge in [0, 0.05) is 11.0 Å². The minimum atomic E-state index is -1.00. The number of piperazine rings is 1. The maximum Gasteiger partial charge on any atom is 0.335 e. The molecule has 1 aliphatic heterocycles. The van der Waals surface area contributed by atoms with E-state index in [9.17, 15) is 14.4 Å². The number of rotatable bonds is 3. The van der Waals surface area contributed by atoms with E-state index in [0.29, 0.717) is 11.0 Å². The second-order valence-corrected chi connectivity index (χ2v) is 5.08. The summed E-state index contributed by atoms with van der Waals surface area (Å²) in [4.78, 5) is 35.0. The van der Waals surface area contributed by atoms with Gasteiger partial charge in [-0.3, -0.25) is 19.8 Å². The molecule has 2 amide bonds. The van der Waals surface area contributed by atoms with Gasteiger partial charge < -0.3 is 5.11 Å². The van der Waals surface area contributed by atoms with Crippen molar-refractivity contribution in [1.29, 1.82) is 0 Å².